The summed E-state index contributed by atoms with van der Waals surface area (Å²) < 4.78 is 50.0. The van der Waals surface area contributed by atoms with Gasteiger partial charge in [-0.15, -0.1) is 0 Å². The number of hydrogen-bond acceptors (Lipinski definition) is 6. The van der Waals surface area contributed by atoms with Crippen molar-refractivity contribution in [2.75, 3.05) is 6.61 Å². The lowest BCUT2D eigenvalue weighted by Gasteiger charge is -2.24. The lowest BCUT2D eigenvalue weighted by Crippen LogP contribution is -2.20. The van der Waals surface area contributed by atoms with Crippen LogP contribution in [-0.4, -0.2) is 33.4 Å². The van der Waals surface area contributed by atoms with E-state index in [2.05, 4.69) is 9.97 Å². The number of carbonyl (C=O) groups is 2. The van der Waals surface area contributed by atoms with Crippen molar-refractivity contribution in [3.63, 3.8) is 0 Å². The van der Waals surface area contributed by atoms with E-state index in [1.165, 1.54) is 30.6 Å². The molecule has 1 aliphatic heterocycles. The highest BCUT2D eigenvalue weighted by molar-refractivity contribution is 6.32. The molecule has 4 aromatic rings. The standard InChI is InChI=1S/C29H20ClF3N2O5/c30-23-12-22-21(28(37)38)9-10-39-26(22)13-27(23)40-20-7-3-17(4-8-20)25(36)11-19-14-34-15-24(35-19)16-1-5-18(6-2-16)29(31,32)33/h1-8,12-15,21H,9-11H2,(H,37,38). The van der Waals surface area contributed by atoms with Crippen LogP contribution in [0.15, 0.2) is 73.1 Å². The third kappa shape index (κ3) is 5.91. The van der Waals surface area contributed by atoms with Gasteiger partial charge < -0.3 is 14.6 Å². The molecule has 5 rings (SSSR count). The molecule has 1 aromatic heterocycles. The van der Waals surface area contributed by atoms with Crippen LogP contribution in [0.4, 0.5) is 13.2 Å². The van der Waals surface area contributed by atoms with Crippen molar-refractivity contribution >= 4 is 23.4 Å². The summed E-state index contributed by atoms with van der Waals surface area (Å²) in [6.07, 6.45) is -1.31. The number of benzene rings is 3. The van der Waals surface area contributed by atoms with Crippen LogP contribution >= 0.6 is 11.6 Å². The number of Topliss-reactive ketones (excluding diaryl/α,β-unsaturated/α-hetero) is 1. The maximum absolute atomic E-state index is 12.9. The van der Waals surface area contributed by atoms with Crippen LogP contribution in [0.2, 0.25) is 5.02 Å². The van der Waals surface area contributed by atoms with Gasteiger partial charge in [0.05, 0.1) is 47.1 Å². The average Bonchev–Trinajstić information content (AvgIpc) is 2.93. The molecule has 0 fully saturated rings. The quantitative estimate of drug-likeness (QED) is 0.240. The zero-order valence-electron chi connectivity index (χ0n) is 20.6. The molecule has 0 saturated heterocycles. The maximum atomic E-state index is 12.9. The van der Waals surface area contributed by atoms with E-state index in [1.54, 1.807) is 30.3 Å². The molecule has 1 unspecified atom stereocenters. The van der Waals surface area contributed by atoms with Gasteiger partial charge in [-0.2, -0.15) is 13.2 Å². The van der Waals surface area contributed by atoms with E-state index < -0.39 is 23.6 Å². The number of nitrogens with zero attached hydrogens (tertiary/aromatic N) is 2. The van der Waals surface area contributed by atoms with Gasteiger partial charge >= 0.3 is 12.1 Å². The number of carboxylic acids is 1. The van der Waals surface area contributed by atoms with Gasteiger partial charge in [-0.1, -0.05) is 23.7 Å². The third-order valence-electron chi connectivity index (χ3n) is 6.34. The molecule has 0 saturated carbocycles. The van der Waals surface area contributed by atoms with E-state index in [0.717, 1.165) is 12.1 Å². The van der Waals surface area contributed by atoms with Crippen molar-refractivity contribution in [3.8, 4) is 28.5 Å². The van der Waals surface area contributed by atoms with E-state index in [1.807, 2.05) is 0 Å². The zero-order valence-corrected chi connectivity index (χ0v) is 21.4. The highest BCUT2D eigenvalue weighted by Crippen LogP contribution is 2.42. The number of ether oxygens (including phenoxy) is 2. The summed E-state index contributed by atoms with van der Waals surface area (Å²) >= 11 is 6.35. The van der Waals surface area contributed by atoms with Crippen LogP contribution in [0.3, 0.4) is 0 Å². The average molecular weight is 569 g/mol. The fraction of sp³-hybridized carbons (Fsp3) is 0.172. The minimum atomic E-state index is -4.44. The molecule has 11 heteroatoms. The van der Waals surface area contributed by atoms with Crippen molar-refractivity contribution in [1.82, 2.24) is 9.97 Å². The number of hydrogen-bond donors (Lipinski definition) is 1. The fourth-order valence-corrected chi connectivity index (χ4v) is 4.50. The first-order chi connectivity index (χ1) is 19.1. The largest absolute Gasteiger partial charge is 0.493 e. The summed E-state index contributed by atoms with van der Waals surface area (Å²) in [5.41, 5.74) is 1.27. The molecule has 1 N–H and O–H groups in total. The van der Waals surface area contributed by atoms with Crippen LogP contribution in [0, 0.1) is 0 Å². The molecule has 2 heterocycles. The monoisotopic (exact) mass is 568 g/mol. The summed E-state index contributed by atoms with van der Waals surface area (Å²) in [6, 6.07) is 14.0. The highest BCUT2D eigenvalue weighted by Gasteiger charge is 2.30. The van der Waals surface area contributed by atoms with E-state index in [9.17, 15) is 27.9 Å². The number of rotatable bonds is 7. The summed E-state index contributed by atoms with van der Waals surface area (Å²) in [7, 11) is 0. The molecule has 1 atom stereocenters. The Morgan fingerprint density at radius 2 is 1.77 bits per heavy atom. The Balaban J connectivity index is 1.27. The van der Waals surface area contributed by atoms with Crippen LogP contribution in [-0.2, 0) is 17.4 Å². The topological polar surface area (TPSA) is 98.6 Å². The van der Waals surface area contributed by atoms with Gasteiger partial charge in [-0.05, 0) is 48.9 Å². The summed E-state index contributed by atoms with van der Waals surface area (Å²) in [5.74, 6) is -0.837. The van der Waals surface area contributed by atoms with Gasteiger partial charge in [0.25, 0.3) is 0 Å². The van der Waals surface area contributed by atoms with Crippen molar-refractivity contribution < 1.29 is 37.3 Å². The highest BCUT2D eigenvalue weighted by atomic mass is 35.5. The van der Waals surface area contributed by atoms with Crippen LogP contribution < -0.4 is 9.47 Å². The second-order valence-electron chi connectivity index (χ2n) is 9.05. The van der Waals surface area contributed by atoms with E-state index in [-0.39, 0.29) is 29.6 Å². The number of alkyl halides is 3. The maximum Gasteiger partial charge on any atom is 0.416 e. The molecule has 204 valence electrons. The first-order valence-electron chi connectivity index (χ1n) is 12.1. The molecule has 3 aromatic carbocycles. The number of ketones is 1. The smallest absolute Gasteiger partial charge is 0.416 e. The van der Waals surface area contributed by atoms with Gasteiger partial charge in [0.1, 0.15) is 17.2 Å². The van der Waals surface area contributed by atoms with E-state index in [0.29, 0.717) is 46.0 Å². The normalized spacial score (nSPS) is 14.7. The minimum absolute atomic E-state index is 0.0690. The molecule has 0 radical (unpaired) electrons. The molecule has 1 aliphatic rings. The zero-order chi connectivity index (χ0) is 28.4. The second-order valence-corrected chi connectivity index (χ2v) is 9.45. The lowest BCUT2D eigenvalue weighted by atomic mass is 9.93. The van der Waals surface area contributed by atoms with Gasteiger partial charge in [-0.3, -0.25) is 14.6 Å². The fourth-order valence-electron chi connectivity index (χ4n) is 4.29. The predicted molar refractivity (Wildman–Crippen MR) is 139 cm³/mol. The number of fused-ring (bicyclic) bond motifs is 1. The van der Waals surface area contributed by atoms with Crippen LogP contribution in [0.25, 0.3) is 11.3 Å². The second kappa shape index (κ2) is 11.0. The van der Waals surface area contributed by atoms with Crippen molar-refractivity contribution in [1.29, 1.82) is 0 Å². The number of carboxylic acid groups (broad SMARTS) is 1. The Kier molecular flexibility index (Phi) is 7.44. The Hall–Kier alpha value is -4.44. The minimum Gasteiger partial charge on any atom is -0.493 e. The molecule has 7 nitrogen and oxygen atoms in total. The molecule has 0 aliphatic carbocycles. The SMILES string of the molecule is O=C(Cc1cncc(-c2ccc(C(F)(F)F)cc2)n1)c1ccc(Oc2cc3c(cc2Cl)C(C(=O)O)CCO3)cc1. The Labute approximate surface area is 231 Å². The molecular weight excluding hydrogens is 549 g/mol. The Bertz CT molecular complexity index is 1570. The third-order valence-corrected chi connectivity index (χ3v) is 6.64. The Morgan fingerprint density at radius 1 is 1.05 bits per heavy atom. The molecule has 40 heavy (non-hydrogen) atoms. The van der Waals surface area contributed by atoms with Crippen molar-refractivity contribution in [3.05, 3.63) is 100 Å². The van der Waals surface area contributed by atoms with Gasteiger partial charge in [-0.25, -0.2) is 4.98 Å². The Morgan fingerprint density at radius 3 is 2.45 bits per heavy atom. The number of halogens is 4. The van der Waals surface area contributed by atoms with Crippen LogP contribution in [0.5, 0.6) is 17.2 Å². The summed E-state index contributed by atoms with van der Waals surface area (Å²) in [6.45, 7) is 0.263. The molecule has 0 bridgehead atoms. The molecule has 0 amide bonds. The van der Waals surface area contributed by atoms with E-state index in [4.69, 9.17) is 21.1 Å². The van der Waals surface area contributed by atoms with E-state index >= 15 is 0 Å². The first kappa shape index (κ1) is 27.1. The summed E-state index contributed by atoms with van der Waals surface area (Å²) in [5, 5.41) is 9.67. The summed E-state index contributed by atoms with van der Waals surface area (Å²) in [4.78, 5) is 32.9. The number of aromatic nitrogens is 2. The van der Waals surface area contributed by atoms with Crippen molar-refractivity contribution in [2.24, 2.45) is 0 Å². The van der Waals surface area contributed by atoms with Gasteiger partial charge in [0.2, 0.25) is 0 Å². The van der Waals surface area contributed by atoms with Crippen molar-refractivity contribution in [2.45, 2.75) is 24.9 Å². The van der Waals surface area contributed by atoms with Gasteiger partial charge in [0, 0.05) is 29.0 Å². The molecular formula is C29H20ClF3N2O5. The number of aliphatic carboxylic acids is 1. The number of carbonyl (C=O) groups excluding carboxylic acids is 1. The molecule has 0 spiro atoms. The lowest BCUT2D eigenvalue weighted by molar-refractivity contribution is -0.139. The predicted octanol–water partition coefficient (Wildman–Crippen LogP) is 6.98. The van der Waals surface area contributed by atoms with Gasteiger partial charge in [0.15, 0.2) is 5.78 Å². The first-order valence-corrected chi connectivity index (χ1v) is 12.4. The van der Waals surface area contributed by atoms with Crippen LogP contribution in [0.1, 0.15) is 39.5 Å².